The van der Waals surface area contributed by atoms with Gasteiger partial charge < -0.3 is 4.90 Å². The zero-order valence-corrected chi connectivity index (χ0v) is 14.5. The van der Waals surface area contributed by atoms with Crippen molar-refractivity contribution in [3.05, 3.63) is 30.1 Å². The maximum atomic E-state index is 12.5. The van der Waals surface area contributed by atoms with Crippen LogP contribution in [0.25, 0.3) is 0 Å². The highest BCUT2D eigenvalue weighted by molar-refractivity contribution is 7.88. The van der Waals surface area contributed by atoms with Gasteiger partial charge in [-0.3, -0.25) is 9.78 Å². The summed E-state index contributed by atoms with van der Waals surface area (Å²) in [6, 6.07) is 3.86. The lowest BCUT2D eigenvalue weighted by Crippen LogP contribution is -2.39. The normalized spacial score (nSPS) is 13.1. The highest BCUT2D eigenvalue weighted by atomic mass is 32.2. The van der Waals surface area contributed by atoms with Gasteiger partial charge in [0.25, 0.3) is 0 Å². The van der Waals surface area contributed by atoms with Crippen LogP contribution in [-0.4, -0.2) is 54.4 Å². The van der Waals surface area contributed by atoms with Crippen molar-refractivity contribution >= 4 is 15.9 Å². The SMILES string of the molecule is CCC(C)N(Cc1cccnc1)C(=O)CCN(C)S(C)(=O)=O. The number of aromatic nitrogens is 1. The number of carbonyl (C=O) groups is 1. The van der Waals surface area contributed by atoms with Gasteiger partial charge in [0.2, 0.25) is 15.9 Å². The van der Waals surface area contributed by atoms with Gasteiger partial charge >= 0.3 is 0 Å². The number of hydrogen-bond acceptors (Lipinski definition) is 4. The predicted octanol–water partition coefficient (Wildman–Crippen LogP) is 1.49. The van der Waals surface area contributed by atoms with Crippen LogP contribution in [0.1, 0.15) is 32.3 Å². The molecule has 0 saturated carbocycles. The molecule has 1 rings (SSSR count). The Labute approximate surface area is 133 Å². The van der Waals surface area contributed by atoms with Crippen molar-refractivity contribution in [3.8, 4) is 0 Å². The Balaban J connectivity index is 2.73. The summed E-state index contributed by atoms with van der Waals surface area (Å²) in [7, 11) is -1.77. The van der Waals surface area contributed by atoms with Crippen LogP contribution in [0.15, 0.2) is 24.5 Å². The van der Waals surface area contributed by atoms with Crippen LogP contribution in [0.5, 0.6) is 0 Å². The van der Waals surface area contributed by atoms with Crippen molar-refractivity contribution in [2.24, 2.45) is 0 Å². The average Bonchev–Trinajstić information content (AvgIpc) is 2.49. The van der Waals surface area contributed by atoms with Gasteiger partial charge in [-0.15, -0.1) is 0 Å². The molecule has 0 aliphatic heterocycles. The van der Waals surface area contributed by atoms with Crippen LogP contribution in [0.2, 0.25) is 0 Å². The Bertz CT molecular complexity index is 575. The Morgan fingerprint density at radius 2 is 2.09 bits per heavy atom. The summed E-state index contributed by atoms with van der Waals surface area (Å²) < 4.78 is 24.0. The molecule has 1 aromatic rings. The van der Waals surface area contributed by atoms with E-state index in [0.29, 0.717) is 6.54 Å². The molecule has 1 amide bonds. The standard InChI is InChI=1S/C15H25N3O3S/c1-5-13(2)18(12-14-7-6-9-16-11-14)15(19)8-10-17(3)22(4,20)21/h6-7,9,11,13H,5,8,10,12H2,1-4H3. The van der Waals surface area contributed by atoms with Gasteiger partial charge in [-0.2, -0.15) is 0 Å². The van der Waals surface area contributed by atoms with Gasteiger partial charge in [0.1, 0.15) is 0 Å². The molecule has 0 N–H and O–H groups in total. The molecule has 7 heteroatoms. The van der Waals surface area contributed by atoms with Gasteiger partial charge in [0.05, 0.1) is 6.26 Å². The van der Waals surface area contributed by atoms with E-state index < -0.39 is 10.0 Å². The molecule has 0 bridgehead atoms. The van der Waals surface area contributed by atoms with E-state index in [9.17, 15) is 13.2 Å². The molecule has 22 heavy (non-hydrogen) atoms. The largest absolute Gasteiger partial charge is 0.336 e. The molecule has 1 aromatic heterocycles. The molecule has 1 atom stereocenters. The zero-order valence-electron chi connectivity index (χ0n) is 13.7. The molecule has 1 heterocycles. The zero-order chi connectivity index (χ0) is 16.8. The molecule has 0 radical (unpaired) electrons. The summed E-state index contributed by atoms with van der Waals surface area (Å²) in [6.45, 7) is 4.70. The lowest BCUT2D eigenvalue weighted by Gasteiger charge is -2.29. The van der Waals surface area contributed by atoms with Crippen molar-refractivity contribution in [1.82, 2.24) is 14.2 Å². The summed E-state index contributed by atoms with van der Waals surface area (Å²) in [5, 5.41) is 0. The lowest BCUT2D eigenvalue weighted by molar-refractivity contribution is -0.134. The first-order valence-electron chi connectivity index (χ1n) is 7.35. The summed E-state index contributed by atoms with van der Waals surface area (Å²) in [5.41, 5.74) is 0.965. The Hall–Kier alpha value is -1.47. The third kappa shape index (κ3) is 5.73. The quantitative estimate of drug-likeness (QED) is 0.725. The molecular formula is C15H25N3O3S. The number of nitrogens with zero attached hydrogens (tertiary/aromatic N) is 3. The highest BCUT2D eigenvalue weighted by Gasteiger charge is 2.21. The maximum Gasteiger partial charge on any atom is 0.224 e. The lowest BCUT2D eigenvalue weighted by atomic mass is 10.1. The van der Waals surface area contributed by atoms with E-state index in [1.807, 2.05) is 26.0 Å². The summed E-state index contributed by atoms with van der Waals surface area (Å²) in [4.78, 5) is 18.3. The first kappa shape index (κ1) is 18.6. The van der Waals surface area contributed by atoms with E-state index in [4.69, 9.17) is 0 Å². The fraction of sp³-hybridized carbons (Fsp3) is 0.600. The van der Waals surface area contributed by atoms with Gasteiger partial charge in [0.15, 0.2) is 0 Å². The van der Waals surface area contributed by atoms with Gasteiger partial charge in [-0.25, -0.2) is 12.7 Å². The van der Waals surface area contributed by atoms with E-state index in [1.165, 1.54) is 11.4 Å². The summed E-state index contributed by atoms with van der Waals surface area (Å²) in [5.74, 6) is -0.0475. The van der Waals surface area contributed by atoms with E-state index in [1.54, 1.807) is 17.3 Å². The number of sulfonamides is 1. The first-order chi connectivity index (χ1) is 10.3. The number of hydrogen-bond donors (Lipinski definition) is 0. The van der Waals surface area contributed by atoms with E-state index in [-0.39, 0.29) is 24.9 Å². The number of rotatable bonds is 8. The second-order valence-corrected chi connectivity index (χ2v) is 7.56. The molecule has 124 valence electrons. The molecular weight excluding hydrogens is 302 g/mol. The van der Waals surface area contributed by atoms with E-state index in [0.717, 1.165) is 18.2 Å². The third-order valence-electron chi connectivity index (χ3n) is 3.73. The molecule has 1 unspecified atom stereocenters. The fourth-order valence-electron chi connectivity index (χ4n) is 1.96. The highest BCUT2D eigenvalue weighted by Crippen LogP contribution is 2.12. The molecule has 0 aliphatic carbocycles. The van der Waals surface area contributed by atoms with Gasteiger partial charge in [-0.05, 0) is 25.0 Å². The smallest absolute Gasteiger partial charge is 0.224 e. The van der Waals surface area contributed by atoms with Crippen LogP contribution in [0.4, 0.5) is 0 Å². The third-order valence-corrected chi connectivity index (χ3v) is 5.04. The number of carbonyl (C=O) groups excluding carboxylic acids is 1. The van der Waals surface area contributed by atoms with Crippen molar-refractivity contribution < 1.29 is 13.2 Å². The van der Waals surface area contributed by atoms with E-state index >= 15 is 0 Å². The van der Waals surface area contributed by atoms with Crippen molar-refractivity contribution in [2.45, 2.75) is 39.3 Å². The Kier molecular flexibility index (Phi) is 6.96. The van der Waals surface area contributed by atoms with Crippen LogP contribution in [-0.2, 0) is 21.4 Å². The summed E-state index contributed by atoms with van der Waals surface area (Å²) in [6.07, 6.45) is 5.59. The minimum Gasteiger partial charge on any atom is -0.336 e. The fourth-order valence-corrected chi connectivity index (χ4v) is 2.38. The number of amides is 1. The van der Waals surface area contributed by atoms with Crippen molar-refractivity contribution in [1.29, 1.82) is 0 Å². The minimum absolute atomic E-state index is 0.0475. The molecule has 0 fully saturated rings. The van der Waals surface area contributed by atoms with Crippen LogP contribution in [0.3, 0.4) is 0 Å². The maximum absolute atomic E-state index is 12.5. The van der Waals surface area contributed by atoms with Crippen LogP contribution >= 0.6 is 0 Å². The Morgan fingerprint density at radius 3 is 2.59 bits per heavy atom. The second kappa shape index (κ2) is 8.24. The van der Waals surface area contributed by atoms with Gasteiger partial charge in [0, 0.05) is 45.0 Å². The molecule has 0 aliphatic rings. The number of pyridine rings is 1. The molecule has 6 nitrogen and oxygen atoms in total. The molecule has 0 aromatic carbocycles. The topological polar surface area (TPSA) is 70.6 Å². The van der Waals surface area contributed by atoms with Crippen molar-refractivity contribution in [3.63, 3.8) is 0 Å². The predicted molar refractivity (Wildman–Crippen MR) is 86.6 cm³/mol. The average molecular weight is 327 g/mol. The molecule has 0 spiro atoms. The minimum atomic E-state index is -3.26. The van der Waals surface area contributed by atoms with E-state index in [2.05, 4.69) is 4.98 Å². The van der Waals surface area contributed by atoms with Gasteiger partial charge in [-0.1, -0.05) is 13.0 Å². The first-order valence-corrected chi connectivity index (χ1v) is 9.20. The van der Waals surface area contributed by atoms with Crippen LogP contribution in [0, 0.1) is 0 Å². The van der Waals surface area contributed by atoms with Crippen molar-refractivity contribution in [2.75, 3.05) is 19.8 Å². The van der Waals surface area contributed by atoms with Crippen LogP contribution < -0.4 is 0 Å². The summed E-state index contributed by atoms with van der Waals surface area (Å²) >= 11 is 0. The Morgan fingerprint density at radius 1 is 1.41 bits per heavy atom. The second-order valence-electron chi connectivity index (χ2n) is 5.47. The monoisotopic (exact) mass is 327 g/mol. The molecule has 0 saturated heterocycles.